The molecule has 2 aromatic heterocycles. The molecule has 2 rings (SSSR count). The monoisotopic (exact) mass is 205 g/mol. The first-order valence-corrected chi connectivity index (χ1v) is 4.44. The summed E-state index contributed by atoms with van der Waals surface area (Å²) in [6.45, 7) is 1.88. The van der Waals surface area contributed by atoms with Crippen molar-refractivity contribution in [1.82, 2.24) is 24.7 Å². The number of aryl methyl sites for hydroxylation is 2. The fourth-order valence-corrected chi connectivity index (χ4v) is 1.13. The van der Waals surface area contributed by atoms with Gasteiger partial charge in [-0.05, 0) is 6.92 Å². The maximum absolute atomic E-state index is 4.98. The highest BCUT2D eigenvalue weighted by molar-refractivity contribution is 5.47. The van der Waals surface area contributed by atoms with E-state index < -0.39 is 0 Å². The number of hydrogen-bond donors (Lipinski definition) is 0. The van der Waals surface area contributed by atoms with Crippen LogP contribution in [0.3, 0.4) is 0 Å². The fourth-order valence-electron chi connectivity index (χ4n) is 1.13. The maximum atomic E-state index is 4.98. The predicted molar refractivity (Wildman–Crippen MR) is 53.3 cm³/mol. The van der Waals surface area contributed by atoms with Gasteiger partial charge in [-0.3, -0.25) is 9.67 Å². The van der Waals surface area contributed by atoms with Crippen LogP contribution in [-0.2, 0) is 7.05 Å². The Balaban J connectivity index is 2.44. The molecule has 0 N–H and O–H groups in total. The first-order chi connectivity index (χ1) is 7.20. The van der Waals surface area contributed by atoms with Crippen molar-refractivity contribution >= 4 is 0 Å². The maximum Gasteiger partial charge on any atom is 0.232 e. The van der Waals surface area contributed by atoms with Gasteiger partial charge in [0.25, 0.3) is 0 Å². The lowest BCUT2D eigenvalue weighted by Gasteiger charge is -1.98. The molecule has 6 heteroatoms. The molecule has 0 radical (unpaired) electrons. The van der Waals surface area contributed by atoms with Gasteiger partial charge in [-0.1, -0.05) is 0 Å². The Morgan fingerprint density at radius 1 is 1.27 bits per heavy atom. The highest BCUT2D eigenvalue weighted by atomic mass is 16.5. The van der Waals surface area contributed by atoms with Crippen molar-refractivity contribution in [3.8, 4) is 17.4 Å². The van der Waals surface area contributed by atoms with Crippen molar-refractivity contribution in [3.63, 3.8) is 0 Å². The molecule has 0 amide bonds. The Morgan fingerprint density at radius 3 is 2.67 bits per heavy atom. The minimum Gasteiger partial charge on any atom is -0.480 e. The molecule has 0 saturated carbocycles. The molecule has 78 valence electrons. The second-order valence-corrected chi connectivity index (χ2v) is 3.05. The average molecular weight is 205 g/mol. The quantitative estimate of drug-likeness (QED) is 0.717. The second kappa shape index (κ2) is 3.64. The molecule has 2 aromatic rings. The third-order valence-corrected chi connectivity index (χ3v) is 2.03. The minimum absolute atomic E-state index is 0.456. The zero-order valence-corrected chi connectivity index (χ0v) is 8.80. The Kier molecular flexibility index (Phi) is 2.32. The molecule has 0 aliphatic rings. The highest BCUT2D eigenvalue weighted by Crippen LogP contribution is 2.14. The van der Waals surface area contributed by atoms with Gasteiger partial charge in [0.15, 0.2) is 0 Å². The number of methoxy groups -OCH3 is 1. The van der Waals surface area contributed by atoms with Gasteiger partial charge in [-0.15, -0.1) is 5.10 Å². The Morgan fingerprint density at radius 2 is 2.07 bits per heavy atom. The number of aromatic nitrogens is 5. The summed E-state index contributed by atoms with van der Waals surface area (Å²) in [6.07, 6.45) is 3.15. The van der Waals surface area contributed by atoms with Crippen LogP contribution in [0.2, 0.25) is 0 Å². The lowest BCUT2D eigenvalue weighted by atomic mass is 10.4. The number of hydrogen-bond acceptors (Lipinski definition) is 5. The SMILES string of the molecule is COc1cncc(-c2nc(C)n(C)n2)n1. The van der Waals surface area contributed by atoms with E-state index in [1.807, 2.05) is 14.0 Å². The summed E-state index contributed by atoms with van der Waals surface area (Å²) in [6, 6.07) is 0. The lowest BCUT2D eigenvalue weighted by Crippen LogP contribution is -1.94. The van der Waals surface area contributed by atoms with Gasteiger partial charge in [-0.25, -0.2) is 9.97 Å². The van der Waals surface area contributed by atoms with E-state index in [4.69, 9.17) is 4.74 Å². The van der Waals surface area contributed by atoms with Crippen LogP contribution in [0, 0.1) is 6.92 Å². The molecule has 0 atom stereocenters. The van der Waals surface area contributed by atoms with Crippen LogP contribution < -0.4 is 4.74 Å². The lowest BCUT2D eigenvalue weighted by molar-refractivity contribution is 0.396. The standard InChI is InChI=1S/C9H11N5O/c1-6-11-9(13-14(6)2)7-4-10-5-8(12-7)15-3/h4-5H,1-3H3. The Labute approximate surface area is 87.0 Å². The predicted octanol–water partition coefficient (Wildman–Crippen LogP) is 0.589. The van der Waals surface area contributed by atoms with Crippen LogP contribution in [-0.4, -0.2) is 31.8 Å². The smallest absolute Gasteiger partial charge is 0.232 e. The summed E-state index contributed by atoms with van der Waals surface area (Å²) in [5.74, 6) is 1.84. The first kappa shape index (κ1) is 9.57. The highest BCUT2D eigenvalue weighted by Gasteiger charge is 2.08. The molecule has 15 heavy (non-hydrogen) atoms. The van der Waals surface area contributed by atoms with E-state index in [9.17, 15) is 0 Å². The molecular weight excluding hydrogens is 194 g/mol. The molecule has 0 unspecified atom stereocenters. The zero-order valence-electron chi connectivity index (χ0n) is 8.80. The summed E-state index contributed by atoms with van der Waals surface area (Å²) < 4.78 is 6.67. The molecule has 0 aromatic carbocycles. The van der Waals surface area contributed by atoms with Crippen molar-refractivity contribution in [3.05, 3.63) is 18.2 Å². The van der Waals surface area contributed by atoms with E-state index in [0.717, 1.165) is 5.82 Å². The van der Waals surface area contributed by atoms with Gasteiger partial charge >= 0.3 is 0 Å². The van der Waals surface area contributed by atoms with Gasteiger partial charge < -0.3 is 4.74 Å². The van der Waals surface area contributed by atoms with Crippen molar-refractivity contribution in [2.75, 3.05) is 7.11 Å². The Bertz CT molecular complexity index is 460. The number of ether oxygens (including phenoxy) is 1. The van der Waals surface area contributed by atoms with E-state index in [2.05, 4.69) is 20.1 Å². The van der Waals surface area contributed by atoms with Gasteiger partial charge in [0.05, 0.1) is 19.5 Å². The first-order valence-electron chi connectivity index (χ1n) is 4.44. The second-order valence-electron chi connectivity index (χ2n) is 3.05. The molecule has 0 fully saturated rings. The van der Waals surface area contributed by atoms with Gasteiger partial charge in [0.2, 0.25) is 11.7 Å². The van der Waals surface area contributed by atoms with Crippen LogP contribution in [0.4, 0.5) is 0 Å². The third kappa shape index (κ3) is 1.78. The molecule has 6 nitrogen and oxygen atoms in total. The summed E-state index contributed by atoms with van der Waals surface area (Å²) in [5, 5.41) is 4.20. The zero-order chi connectivity index (χ0) is 10.8. The average Bonchev–Trinajstić information content (AvgIpc) is 2.59. The van der Waals surface area contributed by atoms with Gasteiger partial charge in [0.1, 0.15) is 11.5 Å². The molecular formula is C9H11N5O. The Hall–Kier alpha value is -1.98. The molecule has 0 saturated heterocycles. The van der Waals surface area contributed by atoms with Crippen LogP contribution in [0.15, 0.2) is 12.4 Å². The summed E-state index contributed by atoms with van der Waals surface area (Å²) in [5.41, 5.74) is 0.609. The van der Waals surface area contributed by atoms with E-state index in [1.165, 1.54) is 0 Å². The normalized spacial score (nSPS) is 10.3. The van der Waals surface area contributed by atoms with E-state index in [1.54, 1.807) is 24.2 Å². The van der Waals surface area contributed by atoms with Crippen molar-refractivity contribution < 1.29 is 4.74 Å². The largest absolute Gasteiger partial charge is 0.480 e. The summed E-state index contributed by atoms with van der Waals surface area (Å²) in [7, 11) is 3.38. The van der Waals surface area contributed by atoms with Crippen LogP contribution in [0.25, 0.3) is 11.5 Å². The number of nitrogens with zero attached hydrogens (tertiary/aromatic N) is 5. The van der Waals surface area contributed by atoms with E-state index >= 15 is 0 Å². The number of rotatable bonds is 2. The summed E-state index contributed by atoms with van der Waals surface area (Å²) >= 11 is 0. The third-order valence-electron chi connectivity index (χ3n) is 2.03. The molecule has 0 aliphatic carbocycles. The van der Waals surface area contributed by atoms with Crippen LogP contribution in [0.1, 0.15) is 5.82 Å². The van der Waals surface area contributed by atoms with Crippen LogP contribution in [0.5, 0.6) is 5.88 Å². The van der Waals surface area contributed by atoms with Crippen LogP contribution >= 0.6 is 0 Å². The van der Waals surface area contributed by atoms with Crippen molar-refractivity contribution in [2.45, 2.75) is 6.92 Å². The fraction of sp³-hybridized carbons (Fsp3) is 0.333. The van der Waals surface area contributed by atoms with E-state index in [0.29, 0.717) is 17.4 Å². The molecule has 0 spiro atoms. The van der Waals surface area contributed by atoms with Crippen molar-refractivity contribution in [1.29, 1.82) is 0 Å². The van der Waals surface area contributed by atoms with Gasteiger partial charge in [0, 0.05) is 7.05 Å². The molecule has 0 aliphatic heterocycles. The van der Waals surface area contributed by atoms with Crippen molar-refractivity contribution in [2.24, 2.45) is 7.05 Å². The summed E-state index contributed by atoms with van der Waals surface area (Å²) in [4.78, 5) is 12.4. The minimum atomic E-state index is 0.456. The van der Waals surface area contributed by atoms with Gasteiger partial charge in [-0.2, -0.15) is 0 Å². The van der Waals surface area contributed by atoms with E-state index in [-0.39, 0.29) is 0 Å². The molecule has 2 heterocycles. The molecule has 0 bridgehead atoms. The topological polar surface area (TPSA) is 65.7 Å².